The summed E-state index contributed by atoms with van der Waals surface area (Å²) in [6.07, 6.45) is 2.20. The summed E-state index contributed by atoms with van der Waals surface area (Å²) in [7, 11) is 0. The largest absolute Gasteiger partial charge is 0.311 e. The molecule has 3 rings (SSSR count). The van der Waals surface area contributed by atoms with Gasteiger partial charge < -0.3 is 9.80 Å². The molecule has 2 heterocycles. The molecule has 1 aliphatic rings. The molecule has 1 aromatic carbocycles. The number of fused-ring (bicyclic) bond motifs is 1. The van der Waals surface area contributed by atoms with Crippen molar-refractivity contribution in [1.82, 2.24) is 8.75 Å². The van der Waals surface area contributed by atoms with Crippen LogP contribution in [0, 0.1) is 0 Å². The van der Waals surface area contributed by atoms with Gasteiger partial charge in [0.15, 0.2) is 5.69 Å². The van der Waals surface area contributed by atoms with Gasteiger partial charge in [-0.05, 0) is 18.6 Å². The molecule has 7 heteroatoms. The number of carbonyl (C=O) groups is 2. The zero-order chi connectivity index (χ0) is 14.8. The van der Waals surface area contributed by atoms with Crippen molar-refractivity contribution in [2.45, 2.75) is 13.3 Å². The van der Waals surface area contributed by atoms with Crippen molar-refractivity contribution in [2.75, 3.05) is 22.9 Å². The lowest BCUT2D eigenvalue weighted by Gasteiger charge is -2.24. The summed E-state index contributed by atoms with van der Waals surface area (Å²) in [5.41, 5.74) is 1.84. The standard InChI is InChI=1S/C14H14N4O2S/c1-10(19)17-7-4-8-18(13-6-3-2-5-12(13)17)14(20)11-9-15-21-16-11/h2-3,5-6,9H,4,7-8H2,1H3. The van der Waals surface area contributed by atoms with Crippen LogP contribution in [0.2, 0.25) is 0 Å². The first kappa shape index (κ1) is 13.7. The molecule has 0 saturated carbocycles. The molecule has 0 aliphatic carbocycles. The summed E-state index contributed by atoms with van der Waals surface area (Å²) in [6, 6.07) is 7.45. The Bertz CT molecular complexity index is 671. The molecular weight excluding hydrogens is 288 g/mol. The van der Waals surface area contributed by atoms with Crippen LogP contribution in [-0.4, -0.2) is 33.7 Å². The van der Waals surface area contributed by atoms with Crippen molar-refractivity contribution in [3.8, 4) is 0 Å². The number of nitrogens with zero attached hydrogens (tertiary/aromatic N) is 4. The van der Waals surface area contributed by atoms with Gasteiger partial charge >= 0.3 is 0 Å². The van der Waals surface area contributed by atoms with Crippen LogP contribution in [0.15, 0.2) is 30.5 Å². The van der Waals surface area contributed by atoms with Crippen molar-refractivity contribution in [3.05, 3.63) is 36.2 Å². The Labute approximate surface area is 126 Å². The number of hydrogen-bond donors (Lipinski definition) is 0. The van der Waals surface area contributed by atoms with E-state index in [9.17, 15) is 9.59 Å². The van der Waals surface area contributed by atoms with Crippen LogP contribution in [0.3, 0.4) is 0 Å². The lowest BCUT2D eigenvalue weighted by molar-refractivity contribution is -0.116. The lowest BCUT2D eigenvalue weighted by atomic mass is 10.2. The number of amides is 2. The van der Waals surface area contributed by atoms with Gasteiger partial charge in [0.1, 0.15) is 0 Å². The van der Waals surface area contributed by atoms with E-state index in [-0.39, 0.29) is 11.8 Å². The molecule has 2 amide bonds. The molecule has 0 bridgehead atoms. The molecule has 0 radical (unpaired) electrons. The van der Waals surface area contributed by atoms with E-state index >= 15 is 0 Å². The minimum absolute atomic E-state index is 0.0212. The van der Waals surface area contributed by atoms with Crippen LogP contribution in [0.4, 0.5) is 11.4 Å². The Hall–Kier alpha value is -2.28. The average Bonchev–Trinajstić information content (AvgIpc) is 2.94. The van der Waals surface area contributed by atoms with Crippen LogP contribution < -0.4 is 9.80 Å². The van der Waals surface area contributed by atoms with Gasteiger partial charge in [0.25, 0.3) is 5.91 Å². The van der Waals surface area contributed by atoms with Crippen LogP contribution in [-0.2, 0) is 4.79 Å². The quantitative estimate of drug-likeness (QED) is 0.807. The number of para-hydroxylation sites is 2. The molecule has 0 N–H and O–H groups in total. The van der Waals surface area contributed by atoms with E-state index in [2.05, 4.69) is 8.75 Å². The maximum Gasteiger partial charge on any atom is 0.279 e. The topological polar surface area (TPSA) is 66.4 Å². The van der Waals surface area contributed by atoms with E-state index in [1.165, 1.54) is 6.20 Å². The van der Waals surface area contributed by atoms with Crippen LogP contribution >= 0.6 is 11.7 Å². The summed E-state index contributed by atoms with van der Waals surface area (Å²) < 4.78 is 7.89. The molecule has 1 aliphatic heterocycles. The second-order valence-corrected chi connectivity index (χ2v) is 5.32. The lowest BCUT2D eigenvalue weighted by Crippen LogP contribution is -2.31. The first-order valence-corrected chi connectivity index (χ1v) is 7.38. The maximum absolute atomic E-state index is 12.6. The van der Waals surface area contributed by atoms with Gasteiger partial charge in [-0.3, -0.25) is 9.59 Å². The second kappa shape index (κ2) is 5.61. The fraction of sp³-hybridized carbons (Fsp3) is 0.286. The Morgan fingerprint density at radius 2 is 1.81 bits per heavy atom. The summed E-state index contributed by atoms with van der Waals surface area (Å²) in [5.74, 6) is -0.200. The monoisotopic (exact) mass is 302 g/mol. The van der Waals surface area contributed by atoms with Gasteiger partial charge in [0.2, 0.25) is 5.91 Å². The molecule has 0 unspecified atom stereocenters. The predicted octanol–water partition coefficient (Wildman–Crippen LogP) is 1.94. The van der Waals surface area contributed by atoms with Crippen LogP contribution in [0.25, 0.3) is 0 Å². The van der Waals surface area contributed by atoms with Crippen molar-refractivity contribution < 1.29 is 9.59 Å². The molecule has 21 heavy (non-hydrogen) atoms. The third-order valence-electron chi connectivity index (χ3n) is 3.43. The third kappa shape index (κ3) is 2.52. The van der Waals surface area contributed by atoms with Crippen LogP contribution in [0.1, 0.15) is 23.8 Å². The van der Waals surface area contributed by atoms with Gasteiger partial charge in [0.05, 0.1) is 29.3 Å². The number of benzene rings is 1. The Morgan fingerprint density at radius 3 is 2.43 bits per heavy atom. The van der Waals surface area contributed by atoms with E-state index in [1.54, 1.807) is 16.7 Å². The summed E-state index contributed by atoms with van der Waals surface area (Å²) in [6.45, 7) is 2.70. The minimum atomic E-state index is -0.179. The predicted molar refractivity (Wildman–Crippen MR) is 80.7 cm³/mol. The van der Waals surface area contributed by atoms with Gasteiger partial charge in [-0.1, -0.05) is 12.1 Å². The molecule has 0 saturated heterocycles. The fourth-order valence-electron chi connectivity index (χ4n) is 2.48. The highest BCUT2D eigenvalue weighted by Crippen LogP contribution is 2.33. The van der Waals surface area contributed by atoms with Gasteiger partial charge in [-0.25, -0.2) is 0 Å². The summed E-state index contributed by atoms with van der Waals surface area (Å²) in [4.78, 5) is 27.8. The normalized spacial score (nSPS) is 14.5. The van der Waals surface area contributed by atoms with Crippen molar-refractivity contribution in [3.63, 3.8) is 0 Å². The van der Waals surface area contributed by atoms with E-state index < -0.39 is 0 Å². The number of carbonyl (C=O) groups excluding carboxylic acids is 2. The second-order valence-electron chi connectivity index (χ2n) is 4.76. The first-order chi connectivity index (χ1) is 10.2. The van der Waals surface area contributed by atoms with Gasteiger partial charge in [0, 0.05) is 20.0 Å². The molecule has 0 atom stereocenters. The number of anilines is 2. The molecule has 2 aromatic rings. The van der Waals surface area contributed by atoms with E-state index in [0.717, 1.165) is 29.5 Å². The van der Waals surface area contributed by atoms with Crippen molar-refractivity contribution in [1.29, 1.82) is 0 Å². The number of aromatic nitrogens is 2. The molecule has 0 fully saturated rings. The number of hydrogen-bond acceptors (Lipinski definition) is 5. The average molecular weight is 302 g/mol. The third-order valence-corrected chi connectivity index (χ3v) is 3.91. The highest BCUT2D eigenvalue weighted by Gasteiger charge is 2.27. The minimum Gasteiger partial charge on any atom is -0.311 e. The van der Waals surface area contributed by atoms with Gasteiger partial charge in [-0.2, -0.15) is 8.75 Å². The SMILES string of the molecule is CC(=O)N1CCCN(C(=O)c2cnsn2)c2ccccc21. The van der Waals surface area contributed by atoms with E-state index in [4.69, 9.17) is 0 Å². The van der Waals surface area contributed by atoms with Crippen LogP contribution in [0.5, 0.6) is 0 Å². The highest BCUT2D eigenvalue weighted by molar-refractivity contribution is 6.99. The number of rotatable bonds is 1. The molecule has 1 aromatic heterocycles. The fourth-order valence-corrected chi connectivity index (χ4v) is 2.89. The van der Waals surface area contributed by atoms with Gasteiger partial charge in [-0.15, -0.1) is 0 Å². The zero-order valence-corrected chi connectivity index (χ0v) is 12.3. The van der Waals surface area contributed by atoms with E-state index in [1.807, 2.05) is 24.3 Å². The Kier molecular flexibility index (Phi) is 3.66. The summed E-state index contributed by atoms with van der Waals surface area (Å²) >= 11 is 1.01. The zero-order valence-electron chi connectivity index (χ0n) is 11.5. The molecule has 108 valence electrons. The Balaban J connectivity index is 2.04. The maximum atomic E-state index is 12.6. The Morgan fingerprint density at radius 1 is 1.14 bits per heavy atom. The first-order valence-electron chi connectivity index (χ1n) is 6.65. The smallest absolute Gasteiger partial charge is 0.279 e. The molecule has 0 spiro atoms. The van der Waals surface area contributed by atoms with Crippen molar-refractivity contribution in [2.24, 2.45) is 0 Å². The highest BCUT2D eigenvalue weighted by atomic mass is 32.1. The molecular formula is C14H14N4O2S. The van der Waals surface area contributed by atoms with E-state index in [0.29, 0.717) is 18.8 Å². The molecule has 6 nitrogen and oxygen atoms in total. The summed E-state index contributed by atoms with van der Waals surface area (Å²) in [5, 5.41) is 0. The van der Waals surface area contributed by atoms with Crippen molar-refractivity contribution >= 4 is 34.9 Å².